The molecule has 124 valence electrons. The first-order valence-electron chi connectivity index (χ1n) is 7.50. The summed E-state index contributed by atoms with van der Waals surface area (Å²) in [6, 6.07) is 14.9. The van der Waals surface area contributed by atoms with Crippen molar-refractivity contribution in [3.8, 4) is 11.5 Å². The Morgan fingerprint density at radius 2 is 1.96 bits per heavy atom. The first kappa shape index (κ1) is 17.3. The second-order valence-corrected chi connectivity index (χ2v) is 4.96. The Labute approximate surface area is 141 Å². The van der Waals surface area contributed by atoms with Crippen LogP contribution in [0.1, 0.15) is 11.1 Å². The van der Waals surface area contributed by atoms with Gasteiger partial charge in [0.25, 0.3) is 5.91 Å². The number of rotatable bonds is 8. The SMILES string of the molecule is C=CCc1ccccc1OCC(=O)NN=Cc1ccc(OC)cc1. The number of para-hydroxylation sites is 1. The fraction of sp³-hybridized carbons (Fsp3) is 0.158. The Bertz CT molecular complexity index is 709. The maximum atomic E-state index is 11.8. The van der Waals surface area contributed by atoms with Crippen LogP contribution in [0.2, 0.25) is 0 Å². The molecule has 1 N–H and O–H groups in total. The van der Waals surface area contributed by atoms with Crippen molar-refractivity contribution in [1.29, 1.82) is 0 Å². The molecule has 0 atom stereocenters. The largest absolute Gasteiger partial charge is 0.497 e. The van der Waals surface area contributed by atoms with Gasteiger partial charge in [-0.05, 0) is 47.9 Å². The summed E-state index contributed by atoms with van der Waals surface area (Å²) in [5.41, 5.74) is 4.28. The molecule has 0 heterocycles. The average molecular weight is 324 g/mol. The second kappa shape index (κ2) is 9.15. The number of hydrogen-bond acceptors (Lipinski definition) is 4. The van der Waals surface area contributed by atoms with Crippen molar-refractivity contribution in [2.45, 2.75) is 6.42 Å². The maximum Gasteiger partial charge on any atom is 0.277 e. The van der Waals surface area contributed by atoms with Crippen LogP contribution in [0.15, 0.2) is 66.3 Å². The predicted molar refractivity (Wildman–Crippen MR) is 94.6 cm³/mol. The minimum absolute atomic E-state index is 0.103. The summed E-state index contributed by atoms with van der Waals surface area (Å²) < 4.78 is 10.6. The third-order valence-corrected chi connectivity index (χ3v) is 3.21. The predicted octanol–water partition coefficient (Wildman–Crippen LogP) is 2.95. The van der Waals surface area contributed by atoms with E-state index in [2.05, 4.69) is 17.1 Å². The van der Waals surface area contributed by atoms with Crippen molar-refractivity contribution in [3.63, 3.8) is 0 Å². The molecular weight excluding hydrogens is 304 g/mol. The Hall–Kier alpha value is -3.08. The van der Waals surface area contributed by atoms with E-state index in [-0.39, 0.29) is 12.5 Å². The zero-order chi connectivity index (χ0) is 17.2. The van der Waals surface area contributed by atoms with E-state index in [1.54, 1.807) is 19.4 Å². The molecule has 0 saturated carbocycles. The third kappa shape index (κ3) is 5.28. The first-order chi connectivity index (χ1) is 11.7. The Kier molecular flexibility index (Phi) is 6.58. The van der Waals surface area contributed by atoms with Gasteiger partial charge >= 0.3 is 0 Å². The molecule has 0 saturated heterocycles. The lowest BCUT2D eigenvalue weighted by atomic mass is 10.1. The third-order valence-electron chi connectivity index (χ3n) is 3.21. The molecule has 2 rings (SSSR count). The van der Waals surface area contributed by atoms with E-state index in [4.69, 9.17) is 9.47 Å². The molecular formula is C19H20N2O3. The Morgan fingerprint density at radius 1 is 1.21 bits per heavy atom. The number of allylic oxidation sites excluding steroid dienone is 1. The fourth-order valence-electron chi connectivity index (χ4n) is 2.01. The number of nitrogens with one attached hydrogen (secondary N) is 1. The highest BCUT2D eigenvalue weighted by atomic mass is 16.5. The summed E-state index contributed by atoms with van der Waals surface area (Å²) in [5, 5.41) is 3.91. The van der Waals surface area contributed by atoms with Gasteiger partial charge in [0.05, 0.1) is 13.3 Å². The second-order valence-electron chi connectivity index (χ2n) is 4.96. The summed E-state index contributed by atoms with van der Waals surface area (Å²) in [6.45, 7) is 3.61. The first-order valence-corrected chi connectivity index (χ1v) is 7.50. The van der Waals surface area contributed by atoms with Gasteiger partial charge in [-0.1, -0.05) is 24.3 Å². The molecule has 2 aromatic carbocycles. The average Bonchev–Trinajstić information content (AvgIpc) is 2.62. The normalized spacial score (nSPS) is 10.4. The monoisotopic (exact) mass is 324 g/mol. The zero-order valence-electron chi connectivity index (χ0n) is 13.6. The quantitative estimate of drug-likeness (QED) is 0.461. The zero-order valence-corrected chi connectivity index (χ0v) is 13.6. The van der Waals surface area contributed by atoms with Gasteiger partial charge in [-0.2, -0.15) is 5.10 Å². The van der Waals surface area contributed by atoms with Crippen LogP contribution >= 0.6 is 0 Å². The van der Waals surface area contributed by atoms with Crippen LogP contribution in [-0.2, 0) is 11.2 Å². The van der Waals surface area contributed by atoms with Gasteiger partial charge in [-0.25, -0.2) is 5.43 Å². The molecule has 0 aliphatic rings. The van der Waals surface area contributed by atoms with Gasteiger partial charge in [0, 0.05) is 0 Å². The van der Waals surface area contributed by atoms with Crippen LogP contribution in [0.3, 0.4) is 0 Å². The Morgan fingerprint density at radius 3 is 2.67 bits per heavy atom. The molecule has 0 aromatic heterocycles. The molecule has 0 aliphatic carbocycles. The number of carbonyl (C=O) groups is 1. The van der Waals surface area contributed by atoms with Gasteiger partial charge in [0.2, 0.25) is 0 Å². The smallest absolute Gasteiger partial charge is 0.277 e. The molecule has 0 spiro atoms. The van der Waals surface area contributed by atoms with Crippen LogP contribution < -0.4 is 14.9 Å². The van der Waals surface area contributed by atoms with E-state index in [0.29, 0.717) is 12.2 Å². The molecule has 0 unspecified atom stereocenters. The highest BCUT2D eigenvalue weighted by Crippen LogP contribution is 2.18. The number of hydrazone groups is 1. The minimum Gasteiger partial charge on any atom is -0.497 e. The van der Waals surface area contributed by atoms with Crippen LogP contribution in [0, 0.1) is 0 Å². The van der Waals surface area contributed by atoms with Crippen molar-refractivity contribution in [2.75, 3.05) is 13.7 Å². The highest BCUT2D eigenvalue weighted by molar-refractivity contribution is 5.83. The molecule has 1 amide bonds. The molecule has 5 nitrogen and oxygen atoms in total. The van der Waals surface area contributed by atoms with E-state index in [1.165, 1.54) is 0 Å². The molecule has 0 fully saturated rings. The minimum atomic E-state index is -0.326. The van der Waals surface area contributed by atoms with Gasteiger partial charge in [0.15, 0.2) is 6.61 Å². The number of methoxy groups -OCH3 is 1. The van der Waals surface area contributed by atoms with Gasteiger partial charge in [-0.3, -0.25) is 4.79 Å². The standard InChI is InChI=1S/C19H20N2O3/c1-3-6-16-7-4-5-8-18(16)24-14-19(22)21-20-13-15-9-11-17(23-2)12-10-15/h3-5,7-13H,1,6,14H2,2H3,(H,21,22). The van der Waals surface area contributed by atoms with Crippen molar-refractivity contribution >= 4 is 12.1 Å². The van der Waals surface area contributed by atoms with E-state index in [9.17, 15) is 4.79 Å². The molecule has 0 aliphatic heterocycles. The summed E-state index contributed by atoms with van der Waals surface area (Å²) in [5.74, 6) is 1.11. The summed E-state index contributed by atoms with van der Waals surface area (Å²) in [6.07, 6.45) is 4.04. The molecule has 0 bridgehead atoms. The van der Waals surface area contributed by atoms with Crippen LogP contribution in [0.4, 0.5) is 0 Å². The number of amides is 1. The van der Waals surface area contributed by atoms with Crippen LogP contribution in [0.25, 0.3) is 0 Å². The lowest BCUT2D eigenvalue weighted by Crippen LogP contribution is -2.24. The molecule has 24 heavy (non-hydrogen) atoms. The number of ether oxygens (including phenoxy) is 2. The molecule has 0 radical (unpaired) electrons. The topological polar surface area (TPSA) is 59.9 Å². The van der Waals surface area contributed by atoms with Crippen molar-refractivity contribution in [3.05, 3.63) is 72.3 Å². The number of benzene rings is 2. The van der Waals surface area contributed by atoms with E-state index in [1.807, 2.05) is 48.5 Å². The molecule has 5 heteroatoms. The number of hydrogen-bond donors (Lipinski definition) is 1. The van der Waals surface area contributed by atoms with Gasteiger partial charge in [0.1, 0.15) is 11.5 Å². The van der Waals surface area contributed by atoms with Crippen LogP contribution in [0.5, 0.6) is 11.5 Å². The van der Waals surface area contributed by atoms with Crippen molar-refractivity contribution in [2.24, 2.45) is 5.10 Å². The highest BCUT2D eigenvalue weighted by Gasteiger charge is 2.05. The van der Waals surface area contributed by atoms with E-state index < -0.39 is 0 Å². The summed E-state index contributed by atoms with van der Waals surface area (Å²) in [4.78, 5) is 11.8. The Balaban J connectivity index is 1.83. The van der Waals surface area contributed by atoms with E-state index in [0.717, 1.165) is 16.9 Å². The van der Waals surface area contributed by atoms with Crippen LogP contribution in [-0.4, -0.2) is 25.8 Å². The summed E-state index contributed by atoms with van der Waals surface area (Å²) >= 11 is 0. The lowest BCUT2D eigenvalue weighted by molar-refractivity contribution is -0.123. The van der Waals surface area contributed by atoms with Gasteiger partial charge in [-0.15, -0.1) is 6.58 Å². The van der Waals surface area contributed by atoms with Crippen molar-refractivity contribution < 1.29 is 14.3 Å². The maximum absolute atomic E-state index is 11.8. The lowest BCUT2D eigenvalue weighted by Gasteiger charge is -2.09. The fourth-order valence-corrected chi connectivity index (χ4v) is 2.01. The number of nitrogens with zero attached hydrogens (tertiary/aromatic N) is 1. The summed E-state index contributed by atoms with van der Waals surface area (Å²) in [7, 11) is 1.61. The number of carbonyl (C=O) groups excluding carboxylic acids is 1. The molecule has 2 aromatic rings. The van der Waals surface area contributed by atoms with Crippen molar-refractivity contribution in [1.82, 2.24) is 5.43 Å². The van der Waals surface area contributed by atoms with E-state index >= 15 is 0 Å². The van der Waals surface area contributed by atoms with Gasteiger partial charge < -0.3 is 9.47 Å².